The van der Waals surface area contributed by atoms with Gasteiger partial charge in [-0.2, -0.15) is 4.98 Å². The number of oxazole rings is 1. The van der Waals surface area contributed by atoms with E-state index < -0.39 is 0 Å². The number of nitrogens with one attached hydrogen (secondary N) is 1. The maximum atomic E-state index is 13.7. The number of aryl methyl sites for hydroxylation is 1. The molecule has 0 aliphatic carbocycles. The Morgan fingerprint density at radius 3 is 2.92 bits per heavy atom. The normalized spacial score (nSPS) is 14.2. The lowest BCUT2D eigenvalue weighted by atomic mass is 10.0. The van der Waals surface area contributed by atoms with Crippen molar-refractivity contribution in [2.24, 2.45) is 7.05 Å². The number of halogens is 1. The second-order valence-electron chi connectivity index (χ2n) is 6.74. The van der Waals surface area contributed by atoms with Gasteiger partial charge in [0.2, 0.25) is 0 Å². The van der Waals surface area contributed by atoms with Crippen molar-refractivity contribution in [2.75, 3.05) is 23.8 Å². The Labute approximate surface area is 150 Å². The highest BCUT2D eigenvalue weighted by atomic mass is 19.1. The molecule has 0 unspecified atom stereocenters. The molecule has 2 aromatic carbocycles. The van der Waals surface area contributed by atoms with E-state index >= 15 is 0 Å². The molecule has 0 fully saturated rings. The zero-order valence-electron chi connectivity index (χ0n) is 14.7. The van der Waals surface area contributed by atoms with Crippen LogP contribution in [0.2, 0.25) is 0 Å². The SMILES string of the molecule is CNc1nc2ccc(N3CCc4c(c5ccc(F)cc5n4C)C3)cc2o1. The van der Waals surface area contributed by atoms with Crippen molar-refractivity contribution in [1.29, 1.82) is 0 Å². The minimum Gasteiger partial charge on any atom is -0.423 e. The van der Waals surface area contributed by atoms with Crippen LogP contribution >= 0.6 is 0 Å². The summed E-state index contributed by atoms with van der Waals surface area (Å²) in [6.45, 7) is 1.72. The van der Waals surface area contributed by atoms with Crippen LogP contribution in [0.3, 0.4) is 0 Å². The fraction of sp³-hybridized carbons (Fsp3) is 0.250. The third kappa shape index (κ3) is 2.18. The Morgan fingerprint density at radius 1 is 1.19 bits per heavy atom. The van der Waals surface area contributed by atoms with Crippen molar-refractivity contribution in [3.05, 3.63) is 53.5 Å². The van der Waals surface area contributed by atoms with Crippen LogP contribution in [0, 0.1) is 5.82 Å². The molecule has 26 heavy (non-hydrogen) atoms. The van der Waals surface area contributed by atoms with Gasteiger partial charge in [-0.1, -0.05) is 0 Å². The first-order chi connectivity index (χ1) is 12.6. The van der Waals surface area contributed by atoms with E-state index in [1.807, 2.05) is 25.2 Å². The highest BCUT2D eigenvalue weighted by Gasteiger charge is 2.23. The molecule has 0 saturated heterocycles. The highest BCUT2D eigenvalue weighted by molar-refractivity contribution is 5.86. The quantitative estimate of drug-likeness (QED) is 0.592. The molecule has 5 nitrogen and oxygen atoms in total. The van der Waals surface area contributed by atoms with Gasteiger partial charge in [0.1, 0.15) is 11.3 Å². The molecule has 0 saturated carbocycles. The van der Waals surface area contributed by atoms with Crippen LogP contribution in [-0.4, -0.2) is 23.1 Å². The first kappa shape index (κ1) is 15.3. The third-order valence-electron chi connectivity index (χ3n) is 5.32. The van der Waals surface area contributed by atoms with Crippen LogP contribution in [0.15, 0.2) is 40.8 Å². The van der Waals surface area contributed by atoms with E-state index in [4.69, 9.17) is 4.42 Å². The van der Waals surface area contributed by atoms with E-state index in [0.29, 0.717) is 6.01 Å². The number of fused-ring (bicyclic) bond motifs is 4. The number of nitrogens with zero attached hydrogens (tertiary/aromatic N) is 3. The minimum atomic E-state index is -0.191. The largest absolute Gasteiger partial charge is 0.423 e. The monoisotopic (exact) mass is 350 g/mol. The number of rotatable bonds is 2. The summed E-state index contributed by atoms with van der Waals surface area (Å²) in [4.78, 5) is 6.71. The number of anilines is 2. The summed E-state index contributed by atoms with van der Waals surface area (Å²) in [7, 11) is 3.82. The molecule has 4 aromatic rings. The summed E-state index contributed by atoms with van der Waals surface area (Å²) in [5.74, 6) is -0.191. The van der Waals surface area contributed by atoms with Crippen LogP contribution in [0.25, 0.3) is 22.0 Å². The van der Waals surface area contributed by atoms with Crippen molar-refractivity contribution in [2.45, 2.75) is 13.0 Å². The van der Waals surface area contributed by atoms with E-state index in [1.165, 1.54) is 11.3 Å². The summed E-state index contributed by atoms with van der Waals surface area (Å²) < 4.78 is 21.5. The average Bonchev–Trinajstić information content (AvgIpc) is 3.20. The molecular formula is C20H19FN4O. The van der Waals surface area contributed by atoms with E-state index in [2.05, 4.69) is 25.8 Å². The molecule has 0 spiro atoms. The number of hydrogen-bond acceptors (Lipinski definition) is 4. The molecule has 3 heterocycles. The fourth-order valence-electron chi connectivity index (χ4n) is 3.98. The van der Waals surface area contributed by atoms with Gasteiger partial charge in [0.25, 0.3) is 6.01 Å². The molecule has 2 aromatic heterocycles. The lowest BCUT2D eigenvalue weighted by Gasteiger charge is -2.29. The van der Waals surface area contributed by atoms with E-state index in [0.717, 1.165) is 47.2 Å². The van der Waals surface area contributed by atoms with Crippen LogP contribution in [0.5, 0.6) is 0 Å². The maximum Gasteiger partial charge on any atom is 0.295 e. The van der Waals surface area contributed by atoms with Crippen LogP contribution < -0.4 is 10.2 Å². The fourth-order valence-corrected chi connectivity index (χ4v) is 3.98. The van der Waals surface area contributed by atoms with E-state index in [1.54, 1.807) is 19.2 Å². The highest BCUT2D eigenvalue weighted by Crippen LogP contribution is 2.33. The van der Waals surface area contributed by atoms with Crippen molar-refractivity contribution in [1.82, 2.24) is 9.55 Å². The second kappa shape index (κ2) is 5.49. The molecule has 0 amide bonds. The lowest BCUT2D eigenvalue weighted by molar-refractivity contribution is 0.619. The van der Waals surface area contributed by atoms with Crippen molar-refractivity contribution in [3.63, 3.8) is 0 Å². The van der Waals surface area contributed by atoms with Gasteiger partial charge in [0.05, 0.1) is 5.52 Å². The molecule has 0 radical (unpaired) electrons. The predicted molar refractivity (Wildman–Crippen MR) is 101 cm³/mol. The van der Waals surface area contributed by atoms with Crippen molar-refractivity contribution >= 4 is 33.7 Å². The molecule has 1 aliphatic rings. The number of hydrogen-bond donors (Lipinski definition) is 1. The van der Waals surface area contributed by atoms with Gasteiger partial charge in [-0.15, -0.1) is 0 Å². The first-order valence-electron chi connectivity index (χ1n) is 8.73. The Bertz CT molecular complexity index is 1140. The van der Waals surface area contributed by atoms with Gasteiger partial charge in [-0.05, 0) is 30.3 Å². The molecule has 1 N–H and O–H groups in total. The number of benzene rings is 2. The summed E-state index contributed by atoms with van der Waals surface area (Å²) in [6, 6.07) is 11.7. The number of aromatic nitrogens is 2. The molecule has 6 heteroatoms. The van der Waals surface area contributed by atoms with Gasteiger partial charge in [0.15, 0.2) is 5.58 Å². The smallest absolute Gasteiger partial charge is 0.295 e. The lowest BCUT2D eigenvalue weighted by Crippen LogP contribution is -2.30. The Hall–Kier alpha value is -3.02. The Balaban J connectivity index is 1.56. The molecular weight excluding hydrogens is 331 g/mol. The average molecular weight is 350 g/mol. The zero-order chi connectivity index (χ0) is 17.8. The zero-order valence-corrected chi connectivity index (χ0v) is 14.7. The Kier molecular flexibility index (Phi) is 3.22. The topological polar surface area (TPSA) is 46.2 Å². The van der Waals surface area contributed by atoms with Gasteiger partial charge in [-0.25, -0.2) is 4.39 Å². The van der Waals surface area contributed by atoms with Gasteiger partial charge >= 0.3 is 0 Å². The maximum absolute atomic E-state index is 13.7. The first-order valence-corrected chi connectivity index (χ1v) is 8.73. The van der Waals surface area contributed by atoms with Crippen molar-refractivity contribution in [3.8, 4) is 0 Å². The van der Waals surface area contributed by atoms with Crippen LogP contribution in [0.4, 0.5) is 16.1 Å². The van der Waals surface area contributed by atoms with E-state index in [9.17, 15) is 4.39 Å². The summed E-state index contributed by atoms with van der Waals surface area (Å²) in [5.41, 5.74) is 6.26. The molecule has 5 rings (SSSR count). The molecule has 1 aliphatic heterocycles. The van der Waals surface area contributed by atoms with Crippen LogP contribution in [-0.2, 0) is 20.0 Å². The van der Waals surface area contributed by atoms with Gasteiger partial charge < -0.3 is 19.2 Å². The van der Waals surface area contributed by atoms with Gasteiger partial charge in [-0.3, -0.25) is 0 Å². The molecule has 0 bridgehead atoms. The standard InChI is InChI=1S/C20H19FN4O/c1-22-20-23-16-6-4-13(10-19(16)26-20)25-8-7-17-15(11-25)14-5-3-12(21)9-18(14)24(17)2/h3-6,9-10H,7-8,11H2,1-2H3,(H,22,23). The molecule has 132 valence electrons. The van der Waals surface area contributed by atoms with Crippen LogP contribution in [0.1, 0.15) is 11.3 Å². The van der Waals surface area contributed by atoms with Gasteiger partial charge in [0, 0.05) is 62.0 Å². The predicted octanol–water partition coefficient (Wildman–Crippen LogP) is 4.06. The third-order valence-corrected chi connectivity index (χ3v) is 5.32. The Morgan fingerprint density at radius 2 is 2.08 bits per heavy atom. The van der Waals surface area contributed by atoms with E-state index in [-0.39, 0.29) is 5.82 Å². The van der Waals surface area contributed by atoms with Crippen molar-refractivity contribution < 1.29 is 8.81 Å². The second-order valence-corrected chi connectivity index (χ2v) is 6.74. The molecule has 0 atom stereocenters. The summed E-state index contributed by atoms with van der Waals surface area (Å²) in [5, 5.41) is 4.06. The summed E-state index contributed by atoms with van der Waals surface area (Å²) in [6.07, 6.45) is 0.929. The minimum absolute atomic E-state index is 0.191. The summed E-state index contributed by atoms with van der Waals surface area (Å²) >= 11 is 0.